The van der Waals surface area contributed by atoms with Crippen molar-refractivity contribution in [3.8, 4) is 0 Å². The molecule has 2 saturated heterocycles. The molecule has 4 heterocycles. The Hall–Kier alpha value is -1.69. The molecule has 0 aliphatic carbocycles. The Kier molecular flexibility index (Phi) is 4.63. The zero-order chi connectivity index (χ0) is 17.4. The standard InChI is InChI=1S/C19H30N6/c1-14-6-9-24(10-7-14)18-11-16(3)20-19-21-17(22-25(18)19)13-23-8-4-5-15(2)12-23/h11,14-15H,4-10,12-13H2,1-3H3. The first-order valence-electron chi connectivity index (χ1n) is 9.79. The number of likely N-dealkylation sites (tertiary alicyclic amines) is 1. The van der Waals surface area contributed by atoms with E-state index < -0.39 is 0 Å². The van der Waals surface area contributed by atoms with E-state index in [1.54, 1.807) is 0 Å². The third-order valence-corrected chi connectivity index (χ3v) is 5.68. The summed E-state index contributed by atoms with van der Waals surface area (Å²) in [5.41, 5.74) is 1.02. The number of hydrogen-bond acceptors (Lipinski definition) is 5. The van der Waals surface area contributed by atoms with Crippen LogP contribution in [0.5, 0.6) is 0 Å². The van der Waals surface area contributed by atoms with Gasteiger partial charge in [0.15, 0.2) is 5.82 Å². The Morgan fingerprint density at radius 1 is 1.04 bits per heavy atom. The molecule has 0 spiro atoms. The van der Waals surface area contributed by atoms with Crippen LogP contribution < -0.4 is 4.90 Å². The van der Waals surface area contributed by atoms with Crippen molar-refractivity contribution in [1.82, 2.24) is 24.5 Å². The van der Waals surface area contributed by atoms with E-state index in [4.69, 9.17) is 10.1 Å². The second-order valence-corrected chi connectivity index (χ2v) is 8.15. The summed E-state index contributed by atoms with van der Waals surface area (Å²) in [4.78, 5) is 14.3. The molecular weight excluding hydrogens is 312 g/mol. The van der Waals surface area contributed by atoms with Crippen molar-refractivity contribution in [3.05, 3.63) is 17.6 Å². The Morgan fingerprint density at radius 3 is 2.60 bits per heavy atom. The van der Waals surface area contributed by atoms with Gasteiger partial charge in [-0.15, -0.1) is 5.10 Å². The van der Waals surface area contributed by atoms with Crippen molar-refractivity contribution in [2.75, 3.05) is 31.1 Å². The van der Waals surface area contributed by atoms with Crippen LogP contribution in [-0.4, -0.2) is 50.7 Å². The molecule has 1 atom stereocenters. The quantitative estimate of drug-likeness (QED) is 0.858. The minimum atomic E-state index is 0.744. The van der Waals surface area contributed by atoms with E-state index in [1.165, 1.54) is 25.7 Å². The highest BCUT2D eigenvalue weighted by Crippen LogP contribution is 2.24. The van der Waals surface area contributed by atoms with Gasteiger partial charge in [-0.1, -0.05) is 13.8 Å². The van der Waals surface area contributed by atoms with Gasteiger partial charge in [0.2, 0.25) is 0 Å². The van der Waals surface area contributed by atoms with Crippen molar-refractivity contribution in [2.24, 2.45) is 11.8 Å². The molecule has 6 nitrogen and oxygen atoms in total. The molecule has 0 radical (unpaired) electrons. The predicted molar refractivity (Wildman–Crippen MR) is 99.8 cm³/mol. The molecule has 6 heteroatoms. The third-order valence-electron chi connectivity index (χ3n) is 5.68. The van der Waals surface area contributed by atoms with E-state index in [-0.39, 0.29) is 0 Å². The average molecular weight is 342 g/mol. The predicted octanol–water partition coefficient (Wildman–Crippen LogP) is 2.90. The Bertz CT molecular complexity index is 731. The fraction of sp³-hybridized carbons (Fsp3) is 0.737. The summed E-state index contributed by atoms with van der Waals surface area (Å²) in [5.74, 6) is 4.40. The number of hydrogen-bond donors (Lipinski definition) is 0. The van der Waals surface area contributed by atoms with Gasteiger partial charge in [0.25, 0.3) is 5.78 Å². The SMILES string of the molecule is Cc1cc(N2CCC(C)CC2)n2nc(CN3CCCC(C)C3)nc2n1. The molecule has 2 fully saturated rings. The van der Waals surface area contributed by atoms with Gasteiger partial charge in [-0.25, -0.2) is 4.98 Å². The van der Waals surface area contributed by atoms with Gasteiger partial charge in [0.05, 0.1) is 6.54 Å². The van der Waals surface area contributed by atoms with Crippen molar-refractivity contribution < 1.29 is 0 Å². The summed E-state index contributed by atoms with van der Waals surface area (Å²) >= 11 is 0. The fourth-order valence-corrected chi connectivity index (χ4v) is 4.17. The van der Waals surface area contributed by atoms with Gasteiger partial charge in [0.1, 0.15) is 5.82 Å². The highest BCUT2D eigenvalue weighted by atomic mass is 15.4. The van der Waals surface area contributed by atoms with E-state index in [1.807, 2.05) is 4.52 Å². The monoisotopic (exact) mass is 342 g/mol. The van der Waals surface area contributed by atoms with E-state index in [0.717, 1.165) is 67.7 Å². The maximum absolute atomic E-state index is 4.83. The van der Waals surface area contributed by atoms with E-state index in [2.05, 4.69) is 41.6 Å². The molecule has 136 valence electrons. The maximum Gasteiger partial charge on any atom is 0.254 e. The van der Waals surface area contributed by atoms with E-state index in [0.29, 0.717) is 0 Å². The van der Waals surface area contributed by atoms with Gasteiger partial charge in [-0.3, -0.25) is 4.90 Å². The minimum Gasteiger partial charge on any atom is -0.356 e. The van der Waals surface area contributed by atoms with Crippen LogP contribution in [0.15, 0.2) is 6.07 Å². The number of aromatic nitrogens is 4. The highest BCUT2D eigenvalue weighted by Gasteiger charge is 2.22. The second-order valence-electron chi connectivity index (χ2n) is 8.15. The Balaban J connectivity index is 1.60. The zero-order valence-corrected chi connectivity index (χ0v) is 15.8. The van der Waals surface area contributed by atoms with E-state index >= 15 is 0 Å². The third kappa shape index (κ3) is 3.64. The largest absolute Gasteiger partial charge is 0.356 e. The lowest BCUT2D eigenvalue weighted by Gasteiger charge is -2.32. The molecule has 2 aliphatic heterocycles. The van der Waals surface area contributed by atoms with Crippen LogP contribution in [0.1, 0.15) is 51.0 Å². The molecule has 2 aromatic heterocycles. The number of anilines is 1. The molecule has 0 amide bonds. The summed E-state index contributed by atoms with van der Waals surface area (Å²) in [5, 5.41) is 4.83. The van der Waals surface area contributed by atoms with Crippen LogP contribution in [0.4, 0.5) is 5.82 Å². The van der Waals surface area contributed by atoms with E-state index in [9.17, 15) is 0 Å². The molecule has 1 unspecified atom stereocenters. The lowest BCUT2D eigenvalue weighted by Crippen LogP contribution is -2.34. The maximum atomic E-state index is 4.83. The molecule has 2 aliphatic rings. The number of aryl methyl sites for hydroxylation is 1. The van der Waals surface area contributed by atoms with Crippen LogP contribution >= 0.6 is 0 Å². The summed E-state index contributed by atoms with van der Waals surface area (Å²) in [7, 11) is 0. The molecule has 2 aromatic rings. The molecule has 0 N–H and O–H groups in total. The molecular formula is C19H30N6. The summed E-state index contributed by atoms with van der Waals surface area (Å²) in [6.07, 6.45) is 5.11. The van der Waals surface area contributed by atoms with Crippen LogP contribution in [0.25, 0.3) is 5.78 Å². The number of piperidine rings is 2. The van der Waals surface area contributed by atoms with Crippen molar-refractivity contribution >= 4 is 11.6 Å². The molecule has 25 heavy (non-hydrogen) atoms. The van der Waals surface area contributed by atoms with Gasteiger partial charge in [0, 0.05) is 31.4 Å². The summed E-state index contributed by atoms with van der Waals surface area (Å²) in [6, 6.07) is 2.16. The van der Waals surface area contributed by atoms with Crippen molar-refractivity contribution in [3.63, 3.8) is 0 Å². The average Bonchev–Trinajstić information content (AvgIpc) is 2.97. The zero-order valence-electron chi connectivity index (χ0n) is 15.8. The lowest BCUT2D eigenvalue weighted by molar-refractivity contribution is 0.173. The molecule has 4 rings (SSSR count). The number of rotatable bonds is 3. The van der Waals surface area contributed by atoms with Gasteiger partial charge in [-0.2, -0.15) is 9.50 Å². The van der Waals surface area contributed by atoms with Gasteiger partial charge in [-0.05, 0) is 51.0 Å². The number of nitrogens with zero attached hydrogens (tertiary/aromatic N) is 6. The van der Waals surface area contributed by atoms with Gasteiger partial charge < -0.3 is 4.90 Å². The Morgan fingerprint density at radius 2 is 1.84 bits per heavy atom. The first-order valence-corrected chi connectivity index (χ1v) is 9.79. The van der Waals surface area contributed by atoms with Crippen molar-refractivity contribution in [1.29, 1.82) is 0 Å². The van der Waals surface area contributed by atoms with Gasteiger partial charge >= 0.3 is 0 Å². The van der Waals surface area contributed by atoms with Crippen LogP contribution in [0.3, 0.4) is 0 Å². The summed E-state index contributed by atoms with van der Waals surface area (Å²) in [6.45, 7) is 12.1. The summed E-state index contributed by atoms with van der Waals surface area (Å²) < 4.78 is 1.96. The Labute approximate surface area is 150 Å². The van der Waals surface area contributed by atoms with Crippen LogP contribution in [0.2, 0.25) is 0 Å². The van der Waals surface area contributed by atoms with Crippen LogP contribution in [-0.2, 0) is 6.54 Å². The topological polar surface area (TPSA) is 49.6 Å². The lowest BCUT2D eigenvalue weighted by atomic mass is 9.99. The first kappa shape index (κ1) is 16.8. The fourth-order valence-electron chi connectivity index (χ4n) is 4.17. The molecule has 0 bridgehead atoms. The normalized spacial score (nSPS) is 23.5. The highest BCUT2D eigenvalue weighted by molar-refractivity contribution is 5.48. The number of fused-ring (bicyclic) bond motifs is 1. The second kappa shape index (κ2) is 6.90. The molecule has 0 aromatic carbocycles. The molecule has 0 saturated carbocycles. The smallest absolute Gasteiger partial charge is 0.254 e. The minimum absolute atomic E-state index is 0.744. The first-order chi connectivity index (χ1) is 12.1. The van der Waals surface area contributed by atoms with Crippen molar-refractivity contribution in [2.45, 2.75) is 53.0 Å². The van der Waals surface area contributed by atoms with Crippen LogP contribution in [0, 0.1) is 18.8 Å².